The van der Waals surface area contributed by atoms with Gasteiger partial charge in [0.1, 0.15) is 5.75 Å². The topological polar surface area (TPSA) is 116 Å². The number of fused-ring (bicyclic) bond motifs is 20. The third-order valence-electron chi connectivity index (χ3n) is 14.6. The molecule has 0 radical (unpaired) electrons. The first-order valence-electron chi connectivity index (χ1n) is 20.0. The van der Waals surface area contributed by atoms with Crippen LogP contribution in [0.5, 0.6) is 5.75 Å². The first-order valence-corrected chi connectivity index (χ1v) is 20.0. The van der Waals surface area contributed by atoms with E-state index >= 15 is 0 Å². The number of para-hydroxylation sites is 1. The minimum absolute atomic E-state index is 0. The van der Waals surface area contributed by atoms with Crippen molar-refractivity contribution in [3.05, 3.63) is 30.3 Å². The molecule has 5 aliphatic heterocycles. The van der Waals surface area contributed by atoms with Gasteiger partial charge in [-0.15, -0.1) is 0 Å². The summed E-state index contributed by atoms with van der Waals surface area (Å²) in [6.45, 7) is 0. The maximum Gasteiger partial charge on any atom is 0.115 e. The molecule has 48 heavy (non-hydrogen) atoms. The second-order valence-electron chi connectivity index (χ2n) is 16.9. The molecule has 270 valence electrons. The van der Waals surface area contributed by atoms with Crippen molar-refractivity contribution >= 4 is 0 Å². The Hall–Kier alpha value is -0.638. The van der Waals surface area contributed by atoms with E-state index in [9.17, 15) is 0 Å². The number of rotatable bonds is 0. The van der Waals surface area contributed by atoms with Crippen LogP contribution in [0, 0.1) is 47.3 Å². The zero-order valence-electron chi connectivity index (χ0n) is 28.7. The van der Waals surface area contributed by atoms with Crippen LogP contribution in [0.4, 0.5) is 0 Å². The molecule has 5 heterocycles. The van der Waals surface area contributed by atoms with Gasteiger partial charge in [0.15, 0.2) is 0 Å². The van der Waals surface area contributed by atoms with E-state index in [-0.39, 0.29) is 20.4 Å². The van der Waals surface area contributed by atoms with Crippen LogP contribution in [0.1, 0.15) is 103 Å². The summed E-state index contributed by atoms with van der Waals surface area (Å²) in [7, 11) is 0. The van der Waals surface area contributed by atoms with E-state index in [1.165, 1.54) is 103 Å². The first kappa shape index (κ1) is 34.4. The Morgan fingerprint density at radius 2 is 0.521 bits per heavy atom. The van der Waals surface area contributed by atoms with Crippen molar-refractivity contribution in [3.63, 3.8) is 0 Å². The molecule has 1 aromatic carbocycles. The number of nitrogens with one attached hydrogen (secondary N) is 8. The molecule has 0 spiro atoms. The van der Waals surface area contributed by atoms with Gasteiger partial charge in [-0.25, -0.2) is 0 Å². The van der Waals surface area contributed by atoms with E-state index in [0.29, 0.717) is 55.1 Å². The predicted molar refractivity (Wildman–Crippen MR) is 185 cm³/mol. The van der Waals surface area contributed by atoms with E-state index in [1.54, 1.807) is 24.3 Å². The normalized spacial score (nSPS) is 49.2. The summed E-state index contributed by atoms with van der Waals surface area (Å²) in [5.41, 5.74) is 0. The molecule has 0 amide bonds. The number of aromatic hydroxyl groups is 1. The molecule has 4 saturated carbocycles. The van der Waals surface area contributed by atoms with Gasteiger partial charge in [-0.2, -0.15) is 0 Å². The van der Waals surface area contributed by atoms with Crippen LogP contribution in [0.25, 0.3) is 0 Å². The smallest absolute Gasteiger partial charge is 0.115 e. The molecule has 9 nitrogen and oxygen atoms in total. The van der Waals surface area contributed by atoms with Crippen LogP contribution in [0.3, 0.4) is 0 Å². The standard InChI is InChI=1S/C32H56N8.C6H6O.Pd/c1-2-10-18-17(9-1)25-33-26(18)38-28-21-13-5-6-14-22(21)30(35-28)40-32-24-16-8-7-15-23(24)31(36-32)39-29-20-12-4-3-11-19(20)27(34-29)37-25;7-6-4-2-1-3-5-6;/h17-40H,1-16H2;1-5,7H;. The largest absolute Gasteiger partial charge is 0.508 e. The number of hydrogen-bond donors (Lipinski definition) is 9. The average molecular weight is 753 g/mol. The number of hydrogen-bond acceptors (Lipinski definition) is 9. The van der Waals surface area contributed by atoms with Crippen molar-refractivity contribution in [2.24, 2.45) is 47.3 Å². The zero-order chi connectivity index (χ0) is 31.3. The van der Waals surface area contributed by atoms with Gasteiger partial charge in [0, 0.05) is 20.4 Å². The van der Waals surface area contributed by atoms with E-state index in [1.807, 2.05) is 6.07 Å². The number of phenols is 1. The fourth-order valence-corrected chi connectivity index (χ4v) is 12.4. The molecule has 4 aliphatic carbocycles. The van der Waals surface area contributed by atoms with Crippen molar-refractivity contribution in [2.45, 2.75) is 152 Å². The van der Waals surface area contributed by atoms with Crippen LogP contribution in [0.2, 0.25) is 0 Å². The minimum Gasteiger partial charge on any atom is -0.508 e. The Labute approximate surface area is 302 Å². The molecular formula is C38H62N8OPd. The molecule has 9 aliphatic rings. The van der Waals surface area contributed by atoms with Crippen LogP contribution in [-0.4, -0.2) is 54.4 Å². The Morgan fingerprint density at radius 1 is 0.333 bits per heavy atom. The maximum atomic E-state index is 8.63. The Bertz CT molecular complexity index is 988. The molecule has 1 aromatic rings. The van der Waals surface area contributed by atoms with Gasteiger partial charge in [0.05, 0.1) is 49.3 Å². The third kappa shape index (κ3) is 6.71. The van der Waals surface area contributed by atoms with E-state index in [2.05, 4.69) is 42.5 Å². The minimum atomic E-state index is 0. The van der Waals surface area contributed by atoms with E-state index in [0.717, 1.165) is 47.3 Å². The molecule has 8 bridgehead atoms. The summed E-state index contributed by atoms with van der Waals surface area (Å²) in [5, 5.41) is 42.4. The SMILES string of the molecule is C1CCC2C3NC(NC4NC(NC5NC(NC6NC(N3)C3CCCCC63)C3CCCCC53)C3CCCCC43)C2C1.Oc1ccccc1.[Pd]. The van der Waals surface area contributed by atoms with Gasteiger partial charge in [-0.05, 0) is 111 Å². The summed E-state index contributed by atoms with van der Waals surface area (Å²) < 4.78 is 0. The first-order chi connectivity index (χ1) is 23.2. The summed E-state index contributed by atoms with van der Waals surface area (Å²) >= 11 is 0. The van der Waals surface area contributed by atoms with Crippen LogP contribution in [-0.2, 0) is 20.4 Å². The summed E-state index contributed by atoms with van der Waals surface area (Å²) in [6.07, 6.45) is 25.6. The predicted octanol–water partition coefficient (Wildman–Crippen LogP) is 4.00. The molecular weight excluding hydrogens is 691 g/mol. The van der Waals surface area contributed by atoms with Crippen LogP contribution in [0.15, 0.2) is 30.3 Å². The van der Waals surface area contributed by atoms with E-state index in [4.69, 9.17) is 5.11 Å². The fourth-order valence-electron chi connectivity index (χ4n) is 12.4. The number of phenolic OH excluding ortho intramolecular Hbond substituents is 1. The summed E-state index contributed by atoms with van der Waals surface area (Å²) in [5.74, 6) is 6.29. The monoisotopic (exact) mass is 752 g/mol. The van der Waals surface area contributed by atoms with E-state index < -0.39 is 0 Å². The van der Waals surface area contributed by atoms with Crippen molar-refractivity contribution in [1.82, 2.24) is 42.5 Å². The van der Waals surface area contributed by atoms with Crippen molar-refractivity contribution in [3.8, 4) is 5.75 Å². The maximum absolute atomic E-state index is 8.63. The van der Waals surface area contributed by atoms with Crippen molar-refractivity contribution < 1.29 is 25.5 Å². The molecule has 9 N–H and O–H groups in total. The second-order valence-corrected chi connectivity index (χ2v) is 16.9. The van der Waals surface area contributed by atoms with Crippen LogP contribution < -0.4 is 42.5 Å². The van der Waals surface area contributed by atoms with Gasteiger partial charge in [-0.1, -0.05) is 69.6 Å². The average Bonchev–Trinajstić information content (AvgIpc) is 3.85. The number of benzene rings is 1. The molecule has 9 fully saturated rings. The Kier molecular flexibility index (Phi) is 10.9. The molecule has 0 aromatic heterocycles. The Balaban J connectivity index is 0.000000377. The van der Waals surface area contributed by atoms with Crippen LogP contribution >= 0.6 is 0 Å². The Morgan fingerprint density at radius 3 is 0.667 bits per heavy atom. The van der Waals surface area contributed by atoms with Gasteiger partial charge in [0.25, 0.3) is 0 Å². The van der Waals surface area contributed by atoms with Gasteiger partial charge in [-0.3, -0.25) is 42.5 Å². The fraction of sp³-hybridized carbons (Fsp3) is 0.842. The second kappa shape index (κ2) is 15.1. The molecule has 5 saturated heterocycles. The molecule has 8 atom stereocenters. The molecule has 10 heteroatoms. The van der Waals surface area contributed by atoms with Crippen molar-refractivity contribution in [2.75, 3.05) is 0 Å². The van der Waals surface area contributed by atoms with Gasteiger partial charge >= 0.3 is 0 Å². The molecule has 10 rings (SSSR count). The van der Waals surface area contributed by atoms with Gasteiger partial charge < -0.3 is 5.11 Å². The van der Waals surface area contributed by atoms with Crippen molar-refractivity contribution in [1.29, 1.82) is 0 Å². The molecule has 8 unspecified atom stereocenters. The zero-order valence-corrected chi connectivity index (χ0v) is 30.3. The summed E-state index contributed by atoms with van der Waals surface area (Å²) in [6, 6.07) is 8.71. The van der Waals surface area contributed by atoms with Gasteiger partial charge in [0.2, 0.25) is 0 Å². The summed E-state index contributed by atoms with van der Waals surface area (Å²) in [4.78, 5) is 0. The third-order valence-corrected chi connectivity index (χ3v) is 14.6. The quantitative estimate of drug-likeness (QED) is 0.182.